The topological polar surface area (TPSA) is 81.3 Å². The highest BCUT2D eigenvalue weighted by Crippen LogP contribution is 2.25. The van der Waals surface area contributed by atoms with Crippen LogP contribution in [0.25, 0.3) is 11.3 Å². The molecule has 0 aliphatic rings. The fourth-order valence-corrected chi connectivity index (χ4v) is 1.81. The van der Waals surface area contributed by atoms with E-state index in [0.717, 1.165) is 5.56 Å². The monoisotopic (exact) mass is 274 g/mol. The van der Waals surface area contributed by atoms with Crippen molar-refractivity contribution < 1.29 is 19.1 Å². The number of hydrogen-bond acceptors (Lipinski definition) is 5. The second kappa shape index (κ2) is 5.56. The summed E-state index contributed by atoms with van der Waals surface area (Å²) in [5, 5.41) is 6.56. The molecule has 0 bridgehead atoms. The first-order chi connectivity index (χ1) is 9.58. The van der Waals surface area contributed by atoms with Gasteiger partial charge in [-0.3, -0.25) is 5.10 Å². The molecule has 2 aromatic rings. The molecular formula is C14H14N2O4. The average molecular weight is 274 g/mol. The number of nitrogens with zero attached hydrogens (tertiary/aromatic N) is 1. The molecule has 1 aromatic carbocycles. The molecule has 0 saturated carbocycles. The Bertz CT molecular complexity index is 644. The fourth-order valence-electron chi connectivity index (χ4n) is 1.81. The van der Waals surface area contributed by atoms with Gasteiger partial charge in [0.1, 0.15) is 11.3 Å². The van der Waals surface area contributed by atoms with Crippen molar-refractivity contribution in [3.63, 3.8) is 0 Å². The van der Waals surface area contributed by atoms with E-state index in [4.69, 9.17) is 4.74 Å². The molecule has 0 aliphatic carbocycles. The van der Waals surface area contributed by atoms with Gasteiger partial charge in [-0.2, -0.15) is 5.10 Å². The van der Waals surface area contributed by atoms with Crippen LogP contribution in [0.2, 0.25) is 0 Å². The average Bonchev–Trinajstić information content (AvgIpc) is 2.91. The van der Waals surface area contributed by atoms with Gasteiger partial charge >= 0.3 is 11.9 Å². The molecule has 1 N–H and O–H groups in total. The lowest BCUT2D eigenvalue weighted by Gasteiger charge is -2.03. The number of aryl methyl sites for hydroxylation is 1. The summed E-state index contributed by atoms with van der Waals surface area (Å²) in [6, 6.07) is 7.42. The first kappa shape index (κ1) is 13.8. The molecule has 0 fully saturated rings. The van der Waals surface area contributed by atoms with Gasteiger partial charge in [0.15, 0.2) is 5.69 Å². The molecule has 0 aliphatic heterocycles. The molecule has 1 aromatic heterocycles. The molecule has 0 unspecified atom stereocenters. The molecule has 1 heterocycles. The van der Waals surface area contributed by atoms with Gasteiger partial charge in [0, 0.05) is 5.56 Å². The van der Waals surface area contributed by atoms with Crippen molar-refractivity contribution in [2.45, 2.75) is 6.92 Å². The van der Waals surface area contributed by atoms with E-state index < -0.39 is 11.9 Å². The van der Waals surface area contributed by atoms with Crippen molar-refractivity contribution in [2.24, 2.45) is 0 Å². The number of methoxy groups -OCH3 is 2. The van der Waals surface area contributed by atoms with Crippen LogP contribution in [0.5, 0.6) is 0 Å². The summed E-state index contributed by atoms with van der Waals surface area (Å²) >= 11 is 0. The lowest BCUT2D eigenvalue weighted by molar-refractivity contribution is 0.0552. The van der Waals surface area contributed by atoms with E-state index in [1.807, 2.05) is 31.2 Å². The highest BCUT2D eigenvalue weighted by molar-refractivity contribution is 6.06. The number of aromatic nitrogens is 2. The fraction of sp³-hybridized carbons (Fsp3) is 0.214. The van der Waals surface area contributed by atoms with Crippen LogP contribution in [-0.4, -0.2) is 36.4 Å². The Labute approximate surface area is 115 Å². The minimum Gasteiger partial charge on any atom is -0.465 e. The van der Waals surface area contributed by atoms with Crippen LogP contribution in [-0.2, 0) is 9.47 Å². The van der Waals surface area contributed by atoms with Crippen LogP contribution in [0.1, 0.15) is 26.4 Å². The van der Waals surface area contributed by atoms with Gasteiger partial charge in [0.25, 0.3) is 0 Å². The van der Waals surface area contributed by atoms with E-state index in [0.29, 0.717) is 11.3 Å². The van der Waals surface area contributed by atoms with Gasteiger partial charge in [-0.05, 0) is 6.92 Å². The summed E-state index contributed by atoms with van der Waals surface area (Å²) in [5.41, 5.74) is 2.20. The van der Waals surface area contributed by atoms with Gasteiger partial charge in [-0.25, -0.2) is 9.59 Å². The largest absolute Gasteiger partial charge is 0.465 e. The molecular weight excluding hydrogens is 260 g/mol. The summed E-state index contributed by atoms with van der Waals surface area (Å²) in [6.45, 7) is 1.95. The lowest BCUT2D eigenvalue weighted by atomic mass is 10.0. The standard InChI is InChI=1S/C14H14N2O4/c1-8-4-6-9(7-5-8)11-10(13(17)19-2)12(16-15-11)14(18)20-3/h4-7H,1-3H3,(H,15,16). The van der Waals surface area contributed by atoms with E-state index in [9.17, 15) is 9.59 Å². The minimum atomic E-state index is -0.670. The van der Waals surface area contributed by atoms with Crippen LogP contribution in [0.3, 0.4) is 0 Å². The Hall–Kier alpha value is -2.63. The second-order valence-electron chi connectivity index (χ2n) is 4.17. The first-order valence-corrected chi connectivity index (χ1v) is 5.90. The molecule has 20 heavy (non-hydrogen) atoms. The van der Waals surface area contributed by atoms with Crippen LogP contribution in [0.4, 0.5) is 0 Å². The molecule has 2 rings (SSSR count). The van der Waals surface area contributed by atoms with Crippen molar-refractivity contribution in [3.8, 4) is 11.3 Å². The number of carbonyl (C=O) groups is 2. The summed E-state index contributed by atoms with van der Waals surface area (Å²) in [6.07, 6.45) is 0. The Morgan fingerprint density at radius 3 is 2.20 bits per heavy atom. The van der Waals surface area contributed by atoms with Crippen molar-refractivity contribution in [1.82, 2.24) is 10.2 Å². The zero-order valence-corrected chi connectivity index (χ0v) is 11.4. The normalized spacial score (nSPS) is 10.2. The zero-order chi connectivity index (χ0) is 14.7. The van der Waals surface area contributed by atoms with Gasteiger partial charge in [0.2, 0.25) is 0 Å². The molecule has 0 amide bonds. The molecule has 0 radical (unpaired) electrons. The molecule has 104 valence electrons. The maximum Gasteiger partial charge on any atom is 0.356 e. The minimum absolute atomic E-state index is 0.0186. The Balaban J connectivity index is 2.59. The predicted octanol–water partition coefficient (Wildman–Crippen LogP) is 1.96. The van der Waals surface area contributed by atoms with Gasteiger partial charge < -0.3 is 9.47 Å². The second-order valence-corrected chi connectivity index (χ2v) is 4.17. The molecule has 0 atom stereocenters. The number of ether oxygens (including phenoxy) is 2. The van der Waals surface area contributed by atoms with E-state index in [1.165, 1.54) is 14.2 Å². The number of H-pyrrole nitrogens is 1. The summed E-state index contributed by atoms with van der Waals surface area (Å²) in [7, 11) is 2.48. The number of aromatic amines is 1. The van der Waals surface area contributed by atoms with E-state index in [-0.39, 0.29) is 11.3 Å². The molecule has 0 saturated heterocycles. The summed E-state index contributed by atoms with van der Waals surface area (Å²) in [4.78, 5) is 23.5. The van der Waals surface area contributed by atoms with Crippen LogP contribution in [0.15, 0.2) is 24.3 Å². The summed E-state index contributed by atoms with van der Waals surface area (Å²) < 4.78 is 9.33. The Morgan fingerprint density at radius 2 is 1.65 bits per heavy atom. The van der Waals surface area contributed by atoms with E-state index in [1.54, 1.807) is 0 Å². The number of rotatable bonds is 3. The van der Waals surface area contributed by atoms with Gasteiger partial charge in [0.05, 0.1) is 14.2 Å². The van der Waals surface area contributed by atoms with Crippen molar-refractivity contribution in [1.29, 1.82) is 0 Å². The van der Waals surface area contributed by atoms with Crippen LogP contribution < -0.4 is 0 Å². The maximum atomic E-state index is 11.9. The summed E-state index contributed by atoms with van der Waals surface area (Å²) in [5.74, 6) is -1.31. The lowest BCUT2D eigenvalue weighted by Crippen LogP contribution is -2.11. The van der Waals surface area contributed by atoms with Crippen molar-refractivity contribution in [2.75, 3.05) is 14.2 Å². The number of hydrogen-bond donors (Lipinski definition) is 1. The van der Waals surface area contributed by atoms with Crippen LogP contribution in [0, 0.1) is 6.92 Å². The zero-order valence-electron chi connectivity index (χ0n) is 11.4. The van der Waals surface area contributed by atoms with Crippen molar-refractivity contribution in [3.05, 3.63) is 41.1 Å². The Morgan fingerprint density at radius 1 is 1.05 bits per heavy atom. The third-order valence-corrected chi connectivity index (χ3v) is 2.87. The SMILES string of the molecule is COC(=O)c1[nH]nc(-c2ccc(C)cc2)c1C(=O)OC. The smallest absolute Gasteiger partial charge is 0.356 e. The highest BCUT2D eigenvalue weighted by Gasteiger charge is 2.26. The third-order valence-electron chi connectivity index (χ3n) is 2.87. The number of benzene rings is 1. The molecule has 6 heteroatoms. The quantitative estimate of drug-likeness (QED) is 0.865. The van der Waals surface area contributed by atoms with E-state index >= 15 is 0 Å². The number of carbonyl (C=O) groups excluding carboxylic acids is 2. The van der Waals surface area contributed by atoms with Crippen molar-refractivity contribution >= 4 is 11.9 Å². The number of esters is 2. The van der Waals surface area contributed by atoms with Gasteiger partial charge in [-0.1, -0.05) is 29.8 Å². The maximum absolute atomic E-state index is 11.9. The highest BCUT2D eigenvalue weighted by atomic mass is 16.5. The van der Waals surface area contributed by atoms with Gasteiger partial charge in [-0.15, -0.1) is 0 Å². The Kier molecular flexibility index (Phi) is 3.84. The van der Waals surface area contributed by atoms with E-state index in [2.05, 4.69) is 14.9 Å². The number of nitrogens with one attached hydrogen (secondary N) is 1. The van der Waals surface area contributed by atoms with Crippen LogP contribution >= 0.6 is 0 Å². The molecule has 6 nitrogen and oxygen atoms in total. The third kappa shape index (κ3) is 2.40. The first-order valence-electron chi connectivity index (χ1n) is 5.90. The molecule has 0 spiro atoms. The predicted molar refractivity (Wildman–Crippen MR) is 71.4 cm³/mol.